The molecule has 0 aliphatic heterocycles. The number of pyridine rings is 1. The Morgan fingerprint density at radius 3 is 2.73 bits per heavy atom. The molecular weight excluding hydrogens is 434 g/mol. The Kier molecular flexibility index (Phi) is 4.93. The van der Waals surface area contributed by atoms with Gasteiger partial charge in [0.15, 0.2) is 5.82 Å². The molecule has 3 heterocycles. The molecule has 0 amide bonds. The zero-order chi connectivity index (χ0) is 18.1. The lowest BCUT2D eigenvalue weighted by molar-refractivity contribution is 1.02. The summed E-state index contributed by atoms with van der Waals surface area (Å²) in [6.45, 7) is 2.70. The van der Waals surface area contributed by atoms with Gasteiger partial charge in [-0.2, -0.15) is 4.37 Å². The fourth-order valence-corrected chi connectivity index (χ4v) is 3.77. The number of benzene rings is 1. The maximum Gasteiger partial charge on any atom is 0.173 e. The molecule has 0 fully saturated rings. The predicted octanol–water partition coefficient (Wildman–Crippen LogP) is 5.44. The van der Waals surface area contributed by atoms with Crippen molar-refractivity contribution >= 4 is 50.5 Å². The molecule has 3 aromatic heterocycles. The van der Waals surface area contributed by atoms with Crippen LogP contribution in [0.5, 0.6) is 0 Å². The average molecular weight is 449 g/mol. The highest BCUT2D eigenvalue weighted by Crippen LogP contribution is 2.24. The SMILES string of the molecule is CCc1nc2ccc(Br)cn2c1NCc1nc(-c2ccc(Cl)cc2)ns1. The van der Waals surface area contributed by atoms with E-state index in [4.69, 9.17) is 11.6 Å². The number of hydrogen-bond donors (Lipinski definition) is 1. The second kappa shape index (κ2) is 7.34. The van der Waals surface area contributed by atoms with Gasteiger partial charge in [-0.15, -0.1) is 0 Å². The molecule has 0 spiro atoms. The number of nitrogens with one attached hydrogen (secondary N) is 1. The van der Waals surface area contributed by atoms with Crippen molar-refractivity contribution in [2.75, 3.05) is 5.32 Å². The first-order valence-electron chi connectivity index (χ1n) is 8.13. The topological polar surface area (TPSA) is 55.1 Å². The van der Waals surface area contributed by atoms with Crippen LogP contribution in [-0.2, 0) is 13.0 Å². The highest BCUT2D eigenvalue weighted by atomic mass is 79.9. The van der Waals surface area contributed by atoms with Crippen molar-refractivity contribution in [2.24, 2.45) is 0 Å². The molecule has 0 bridgehead atoms. The summed E-state index contributed by atoms with van der Waals surface area (Å²) in [4.78, 5) is 9.31. The summed E-state index contributed by atoms with van der Waals surface area (Å²) < 4.78 is 7.52. The van der Waals surface area contributed by atoms with Gasteiger partial charge < -0.3 is 5.32 Å². The van der Waals surface area contributed by atoms with Gasteiger partial charge in [-0.05, 0) is 70.3 Å². The van der Waals surface area contributed by atoms with Gasteiger partial charge in [0.05, 0.1) is 12.2 Å². The van der Waals surface area contributed by atoms with Crippen LogP contribution in [0, 0.1) is 0 Å². The van der Waals surface area contributed by atoms with E-state index in [2.05, 4.69) is 46.9 Å². The van der Waals surface area contributed by atoms with Crippen molar-refractivity contribution in [1.82, 2.24) is 18.7 Å². The van der Waals surface area contributed by atoms with E-state index in [1.54, 1.807) is 0 Å². The second-order valence-corrected chi connectivity index (χ2v) is 7.90. The molecule has 0 aliphatic rings. The molecule has 4 rings (SSSR count). The van der Waals surface area contributed by atoms with Gasteiger partial charge in [0.25, 0.3) is 0 Å². The molecule has 0 unspecified atom stereocenters. The molecule has 5 nitrogen and oxygen atoms in total. The van der Waals surface area contributed by atoms with Crippen LogP contribution in [-0.4, -0.2) is 18.7 Å². The van der Waals surface area contributed by atoms with Crippen LogP contribution in [0.15, 0.2) is 47.1 Å². The molecule has 4 aromatic rings. The first kappa shape index (κ1) is 17.5. The van der Waals surface area contributed by atoms with Gasteiger partial charge in [-0.3, -0.25) is 4.40 Å². The summed E-state index contributed by atoms with van der Waals surface area (Å²) in [5, 5.41) is 5.09. The van der Waals surface area contributed by atoms with Gasteiger partial charge in [-0.1, -0.05) is 18.5 Å². The van der Waals surface area contributed by atoms with Crippen LogP contribution in [0.1, 0.15) is 17.6 Å². The maximum absolute atomic E-state index is 5.94. The van der Waals surface area contributed by atoms with E-state index in [0.29, 0.717) is 11.6 Å². The number of halogens is 2. The zero-order valence-electron chi connectivity index (χ0n) is 13.9. The summed E-state index contributed by atoms with van der Waals surface area (Å²) in [5.74, 6) is 1.71. The summed E-state index contributed by atoms with van der Waals surface area (Å²) >= 11 is 10.9. The number of hydrogen-bond acceptors (Lipinski definition) is 5. The normalized spacial score (nSPS) is 11.2. The molecular formula is C18H15BrClN5S. The molecule has 8 heteroatoms. The van der Waals surface area contributed by atoms with Crippen LogP contribution in [0.4, 0.5) is 5.82 Å². The van der Waals surface area contributed by atoms with E-state index in [1.165, 1.54) is 11.5 Å². The summed E-state index contributed by atoms with van der Waals surface area (Å²) in [7, 11) is 0. The predicted molar refractivity (Wildman–Crippen MR) is 110 cm³/mol. The van der Waals surface area contributed by atoms with Gasteiger partial charge in [0.2, 0.25) is 0 Å². The molecule has 132 valence electrons. The van der Waals surface area contributed by atoms with E-state index in [0.717, 1.165) is 44.4 Å². The molecule has 0 saturated heterocycles. The Labute approximate surface area is 168 Å². The summed E-state index contributed by atoms with van der Waals surface area (Å²) in [6, 6.07) is 11.5. The number of aromatic nitrogens is 4. The standard InChI is InChI=1S/C18H15BrClN5S/c1-2-14-18(25-10-12(19)5-8-15(25)22-14)21-9-16-23-17(24-26-16)11-3-6-13(20)7-4-11/h3-8,10,21H,2,9H2,1H3. The van der Waals surface area contributed by atoms with Crippen LogP contribution >= 0.6 is 39.1 Å². The second-order valence-electron chi connectivity index (χ2n) is 5.71. The minimum absolute atomic E-state index is 0.596. The first-order valence-corrected chi connectivity index (χ1v) is 10.1. The Bertz CT molecular complexity index is 1060. The minimum atomic E-state index is 0.596. The van der Waals surface area contributed by atoms with E-state index >= 15 is 0 Å². The zero-order valence-corrected chi connectivity index (χ0v) is 17.1. The minimum Gasteiger partial charge on any atom is -0.363 e. The Morgan fingerprint density at radius 1 is 1.15 bits per heavy atom. The smallest absolute Gasteiger partial charge is 0.173 e. The monoisotopic (exact) mass is 447 g/mol. The lowest BCUT2D eigenvalue weighted by Crippen LogP contribution is -2.04. The van der Waals surface area contributed by atoms with Crippen molar-refractivity contribution in [3.05, 3.63) is 62.8 Å². The molecule has 0 atom stereocenters. The number of rotatable bonds is 5. The largest absolute Gasteiger partial charge is 0.363 e. The summed E-state index contributed by atoms with van der Waals surface area (Å²) in [5.41, 5.74) is 2.92. The van der Waals surface area contributed by atoms with Crippen molar-refractivity contribution in [2.45, 2.75) is 19.9 Å². The van der Waals surface area contributed by atoms with Gasteiger partial charge in [0.1, 0.15) is 16.5 Å². The molecule has 1 aromatic carbocycles. The molecule has 26 heavy (non-hydrogen) atoms. The van der Waals surface area contributed by atoms with E-state index in [-0.39, 0.29) is 0 Å². The van der Waals surface area contributed by atoms with Crippen molar-refractivity contribution in [3.8, 4) is 11.4 Å². The Balaban J connectivity index is 1.57. The van der Waals surface area contributed by atoms with Crippen molar-refractivity contribution in [3.63, 3.8) is 0 Å². The Morgan fingerprint density at radius 2 is 1.96 bits per heavy atom. The lowest BCUT2D eigenvalue weighted by Gasteiger charge is -2.06. The molecule has 0 saturated carbocycles. The van der Waals surface area contributed by atoms with Crippen LogP contribution in [0.25, 0.3) is 17.0 Å². The number of aryl methyl sites for hydroxylation is 1. The Hall–Kier alpha value is -1.96. The van der Waals surface area contributed by atoms with E-state index in [9.17, 15) is 0 Å². The number of anilines is 1. The molecule has 0 aliphatic carbocycles. The quantitative estimate of drug-likeness (QED) is 0.441. The third-order valence-corrected chi connectivity index (χ3v) is 5.40. The maximum atomic E-state index is 5.94. The highest BCUT2D eigenvalue weighted by molar-refractivity contribution is 9.10. The summed E-state index contributed by atoms with van der Waals surface area (Å²) in [6.07, 6.45) is 2.87. The van der Waals surface area contributed by atoms with Crippen molar-refractivity contribution in [1.29, 1.82) is 0 Å². The van der Waals surface area contributed by atoms with E-state index < -0.39 is 0 Å². The first-order chi connectivity index (χ1) is 12.6. The van der Waals surface area contributed by atoms with Gasteiger partial charge in [-0.25, -0.2) is 9.97 Å². The fraction of sp³-hybridized carbons (Fsp3) is 0.167. The van der Waals surface area contributed by atoms with Crippen LogP contribution in [0.3, 0.4) is 0 Å². The molecule has 0 radical (unpaired) electrons. The van der Waals surface area contributed by atoms with Crippen LogP contribution in [0.2, 0.25) is 5.02 Å². The van der Waals surface area contributed by atoms with Gasteiger partial charge >= 0.3 is 0 Å². The number of fused-ring (bicyclic) bond motifs is 1. The molecule has 1 N–H and O–H groups in total. The van der Waals surface area contributed by atoms with Gasteiger partial charge in [0, 0.05) is 21.3 Å². The van der Waals surface area contributed by atoms with Crippen LogP contribution < -0.4 is 5.32 Å². The third-order valence-electron chi connectivity index (χ3n) is 3.97. The lowest BCUT2D eigenvalue weighted by atomic mass is 10.2. The highest BCUT2D eigenvalue weighted by Gasteiger charge is 2.12. The average Bonchev–Trinajstić information content (AvgIpc) is 3.24. The van der Waals surface area contributed by atoms with Crippen molar-refractivity contribution < 1.29 is 0 Å². The third kappa shape index (κ3) is 3.47. The fourth-order valence-electron chi connectivity index (χ4n) is 2.70. The number of imidazole rings is 1. The number of nitrogens with zero attached hydrogens (tertiary/aromatic N) is 4. The van der Waals surface area contributed by atoms with E-state index in [1.807, 2.05) is 42.6 Å².